The Balaban J connectivity index is 1.97. The number of hydrogen-bond acceptors (Lipinski definition) is 3. The Morgan fingerprint density at radius 2 is 2.20 bits per heavy atom. The monoisotopic (exact) mass is 296 g/mol. The lowest BCUT2D eigenvalue weighted by molar-refractivity contribution is 0.350. The van der Waals surface area contributed by atoms with Crippen LogP contribution in [0.1, 0.15) is 50.2 Å². The molecule has 112 valence electrons. The molecule has 0 radical (unpaired) electrons. The van der Waals surface area contributed by atoms with Gasteiger partial charge < -0.3 is 4.74 Å². The van der Waals surface area contributed by atoms with Crippen LogP contribution >= 0.6 is 11.6 Å². The Bertz CT molecular complexity index is 437. The molecule has 0 bridgehead atoms. The SMILES string of the molecule is CCCCCCC(Cc1cc(Cl)cc2c1OCC2)NN. The van der Waals surface area contributed by atoms with E-state index in [1.165, 1.54) is 36.8 Å². The van der Waals surface area contributed by atoms with Crippen molar-refractivity contribution in [2.75, 3.05) is 6.61 Å². The molecule has 0 aliphatic carbocycles. The minimum Gasteiger partial charge on any atom is -0.493 e. The summed E-state index contributed by atoms with van der Waals surface area (Å²) in [5.41, 5.74) is 5.35. The van der Waals surface area contributed by atoms with E-state index in [4.69, 9.17) is 22.2 Å². The van der Waals surface area contributed by atoms with Crippen molar-refractivity contribution >= 4 is 11.6 Å². The van der Waals surface area contributed by atoms with Crippen LogP contribution in [-0.4, -0.2) is 12.6 Å². The van der Waals surface area contributed by atoms with Crippen molar-refractivity contribution in [2.24, 2.45) is 5.84 Å². The lowest BCUT2D eigenvalue weighted by atomic mass is 9.98. The van der Waals surface area contributed by atoms with E-state index in [1.54, 1.807) is 0 Å². The number of hydrazine groups is 1. The Kier molecular flexibility index (Phi) is 6.14. The van der Waals surface area contributed by atoms with Crippen LogP contribution in [0.4, 0.5) is 0 Å². The molecule has 1 aromatic rings. The topological polar surface area (TPSA) is 47.3 Å². The molecule has 3 nitrogen and oxygen atoms in total. The molecule has 1 aliphatic heterocycles. The van der Waals surface area contributed by atoms with Gasteiger partial charge in [0, 0.05) is 17.5 Å². The van der Waals surface area contributed by atoms with Crippen LogP contribution in [0.15, 0.2) is 12.1 Å². The second kappa shape index (κ2) is 7.87. The van der Waals surface area contributed by atoms with E-state index in [0.29, 0.717) is 6.04 Å². The van der Waals surface area contributed by atoms with Crippen molar-refractivity contribution in [2.45, 2.75) is 57.9 Å². The van der Waals surface area contributed by atoms with Crippen molar-refractivity contribution < 1.29 is 4.74 Å². The normalized spacial score (nSPS) is 14.9. The van der Waals surface area contributed by atoms with Crippen LogP contribution in [-0.2, 0) is 12.8 Å². The quantitative estimate of drug-likeness (QED) is 0.437. The van der Waals surface area contributed by atoms with Crippen molar-refractivity contribution in [3.63, 3.8) is 0 Å². The summed E-state index contributed by atoms with van der Waals surface area (Å²) in [6, 6.07) is 4.32. The molecule has 1 unspecified atom stereocenters. The molecule has 0 spiro atoms. The third-order valence-electron chi connectivity index (χ3n) is 3.93. The largest absolute Gasteiger partial charge is 0.493 e. The highest BCUT2D eigenvalue weighted by Crippen LogP contribution is 2.33. The first-order chi connectivity index (χ1) is 9.74. The zero-order chi connectivity index (χ0) is 14.4. The van der Waals surface area contributed by atoms with Gasteiger partial charge in [0.2, 0.25) is 0 Å². The van der Waals surface area contributed by atoms with Crippen LogP contribution in [0.5, 0.6) is 5.75 Å². The van der Waals surface area contributed by atoms with Crippen LogP contribution < -0.4 is 16.0 Å². The number of benzene rings is 1. The van der Waals surface area contributed by atoms with E-state index < -0.39 is 0 Å². The fraction of sp³-hybridized carbons (Fsp3) is 0.625. The maximum atomic E-state index is 6.19. The number of ether oxygens (including phenoxy) is 1. The highest BCUT2D eigenvalue weighted by Gasteiger charge is 2.19. The first-order valence-corrected chi connectivity index (χ1v) is 8.02. The maximum absolute atomic E-state index is 6.19. The summed E-state index contributed by atoms with van der Waals surface area (Å²) >= 11 is 6.19. The Morgan fingerprint density at radius 3 is 2.95 bits per heavy atom. The van der Waals surface area contributed by atoms with Crippen molar-refractivity contribution in [1.82, 2.24) is 5.43 Å². The molecule has 0 fully saturated rings. The molecular weight excluding hydrogens is 272 g/mol. The molecular formula is C16H25ClN2O. The zero-order valence-corrected chi connectivity index (χ0v) is 13.0. The zero-order valence-electron chi connectivity index (χ0n) is 12.3. The van der Waals surface area contributed by atoms with E-state index in [9.17, 15) is 0 Å². The second-order valence-electron chi connectivity index (χ2n) is 5.57. The van der Waals surface area contributed by atoms with Crippen molar-refractivity contribution in [3.05, 3.63) is 28.3 Å². The van der Waals surface area contributed by atoms with Crippen molar-refractivity contribution in [3.8, 4) is 5.75 Å². The number of nitrogens with two attached hydrogens (primary N) is 1. The van der Waals surface area contributed by atoms with E-state index in [2.05, 4.69) is 12.3 Å². The minimum atomic E-state index is 0.290. The average molecular weight is 297 g/mol. The number of hydrogen-bond donors (Lipinski definition) is 2. The van der Waals surface area contributed by atoms with Gasteiger partial charge in [-0.25, -0.2) is 0 Å². The van der Waals surface area contributed by atoms with E-state index in [-0.39, 0.29) is 0 Å². The first kappa shape index (κ1) is 15.6. The van der Waals surface area contributed by atoms with E-state index in [0.717, 1.165) is 36.6 Å². The first-order valence-electron chi connectivity index (χ1n) is 7.64. The van der Waals surface area contributed by atoms with Gasteiger partial charge in [-0.2, -0.15) is 0 Å². The third kappa shape index (κ3) is 4.11. The lowest BCUT2D eigenvalue weighted by Crippen LogP contribution is -2.36. The van der Waals surface area contributed by atoms with Gasteiger partial charge in [-0.1, -0.05) is 44.2 Å². The van der Waals surface area contributed by atoms with Gasteiger partial charge in [-0.3, -0.25) is 11.3 Å². The van der Waals surface area contributed by atoms with Gasteiger partial charge in [0.1, 0.15) is 5.75 Å². The lowest BCUT2D eigenvalue weighted by Gasteiger charge is -2.18. The highest BCUT2D eigenvalue weighted by molar-refractivity contribution is 6.30. The third-order valence-corrected chi connectivity index (χ3v) is 4.15. The van der Waals surface area contributed by atoms with Crippen molar-refractivity contribution in [1.29, 1.82) is 0 Å². The molecule has 2 rings (SSSR count). The fourth-order valence-corrected chi connectivity index (χ4v) is 3.09. The van der Waals surface area contributed by atoms with Gasteiger partial charge in [-0.05, 0) is 36.1 Å². The summed E-state index contributed by atoms with van der Waals surface area (Å²) in [5, 5.41) is 0.797. The number of fused-ring (bicyclic) bond motifs is 1. The number of halogens is 1. The predicted octanol–water partition coefficient (Wildman–Crippen LogP) is 3.62. The highest BCUT2D eigenvalue weighted by atomic mass is 35.5. The Hall–Kier alpha value is -0.770. The predicted molar refractivity (Wildman–Crippen MR) is 84.2 cm³/mol. The number of unbranched alkanes of at least 4 members (excludes halogenated alkanes) is 3. The van der Waals surface area contributed by atoms with Gasteiger partial charge in [-0.15, -0.1) is 0 Å². The number of nitrogens with one attached hydrogen (secondary N) is 1. The minimum absolute atomic E-state index is 0.290. The molecule has 20 heavy (non-hydrogen) atoms. The molecule has 0 aromatic heterocycles. The second-order valence-corrected chi connectivity index (χ2v) is 6.01. The molecule has 0 saturated heterocycles. The molecule has 1 aromatic carbocycles. The Morgan fingerprint density at radius 1 is 1.35 bits per heavy atom. The molecule has 1 aliphatic rings. The molecule has 1 atom stereocenters. The van der Waals surface area contributed by atoms with Crippen LogP contribution in [0, 0.1) is 0 Å². The standard InChI is InChI=1S/C16H25ClN2O/c1-2-3-4-5-6-15(19-18)11-13-10-14(17)9-12-7-8-20-16(12)13/h9-10,15,19H,2-8,11,18H2,1H3. The van der Waals surface area contributed by atoms with E-state index >= 15 is 0 Å². The smallest absolute Gasteiger partial charge is 0.125 e. The molecule has 1 heterocycles. The van der Waals surface area contributed by atoms with Crippen LogP contribution in [0.3, 0.4) is 0 Å². The van der Waals surface area contributed by atoms with Gasteiger partial charge in [0.05, 0.1) is 6.61 Å². The summed E-state index contributed by atoms with van der Waals surface area (Å²) in [4.78, 5) is 0. The number of rotatable bonds is 8. The average Bonchev–Trinajstić information content (AvgIpc) is 2.90. The van der Waals surface area contributed by atoms with Crippen LogP contribution in [0.2, 0.25) is 5.02 Å². The molecule has 3 N–H and O–H groups in total. The summed E-state index contributed by atoms with van der Waals surface area (Å²) in [5.74, 6) is 6.73. The molecule has 0 amide bonds. The summed E-state index contributed by atoms with van der Waals surface area (Å²) in [6.07, 6.45) is 7.98. The Labute approximate surface area is 126 Å². The van der Waals surface area contributed by atoms with Gasteiger partial charge in [0.25, 0.3) is 0 Å². The molecule has 0 saturated carbocycles. The maximum Gasteiger partial charge on any atom is 0.125 e. The summed E-state index contributed by atoms with van der Waals surface area (Å²) in [6.45, 7) is 2.99. The van der Waals surface area contributed by atoms with Gasteiger partial charge in [0.15, 0.2) is 0 Å². The van der Waals surface area contributed by atoms with Gasteiger partial charge >= 0.3 is 0 Å². The fourth-order valence-electron chi connectivity index (χ4n) is 2.82. The van der Waals surface area contributed by atoms with E-state index in [1.807, 2.05) is 12.1 Å². The summed E-state index contributed by atoms with van der Waals surface area (Å²) < 4.78 is 5.75. The van der Waals surface area contributed by atoms with Crippen LogP contribution in [0.25, 0.3) is 0 Å². The molecule has 4 heteroatoms. The summed E-state index contributed by atoms with van der Waals surface area (Å²) in [7, 11) is 0.